The van der Waals surface area contributed by atoms with Crippen molar-refractivity contribution in [2.45, 2.75) is 44.2 Å². The highest BCUT2D eigenvalue weighted by molar-refractivity contribution is 5.83. The highest BCUT2D eigenvalue weighted by Gasteiger charge is 2.33. The Morgan fingerprint density at radius 2 is 1.95 bits per heavy atom. The van der Waals surface area contributed by atoms with Crippen molar-refractivity contribution >= 4 is 17.9 Å². The summed E-state index contributed by atoms with van der Waals surface area (Å²) in [6.07, 6.45) is 3.49. The molecule has 19 heavy (non-hydrogen) atoms. The first kappa shape index (κ1) is 13.6. The molecule has 0 bridgehead atoms. The molecule has 1 heterocycles. The quantitative estimate of drug-likeness (QED) is 0.649. The topological polar surface area (TPSA) is 98.7 Å². The van der Waals surface area contributed by atoms with E-state index in [2.05, 4.69) is 10.6 Å². The van der Waals surface area contributed by atoms with Crippen LogP contribution in [0.5, 0.6) is 0 Å². The second-order valence-corrected chi connectivity index (χ2v) is 5.01. The van der Waals surface area contributed by atoms with E-state index >= 15 is 0 Å². The van der Waals surface area contributed by atoms with Gasteiger partial charge < -0.3 is 20.6 Å². The molecule has 1 saturated heterocycles. The van der Waals surface area contributed by atoms with Gasteiger partial charge in [0.1, 0.15) is 6.04 Å². The third-order valence-corrected chi connectivity index (χ3v) is 3.37. The highest BCUT2D eigenvalue weighted by Crippen LogP contribution is 2.18. The van der Waals surface area contributed by atoms with Gasteiger partial charge in [-0.15, -0.1) is 0 Å². The van der Waals surface area contributed by atoms with Gasteiger partial charge >= 0.3 is 12.0 Å². The van der Waals surface area contributed by atoms with Crippen molar-refractivity contribution < 1.29 is 19.5 Å². The fourth-order valence-electron chi connectivity index (χ4n) is 2.18. The molecule has 1 unspecified atom stereocenters. The zero-order chi connectivity index (χ0) is 13.8. The summed E-state index contributed by atoms with van der Waals surface area (Å²) in [7, 11) is 0. The summed E-state index contributed by atoms with van der Waals surface area (Å²) in [6, 6.07) is -0.817. The Bertz CT molecular complexity index is 381. The molecule has 0 aromatic carbocycles. The molecule has 2 fully saturated rings. The van der Waals surface area contributed by atoms with Crippen molar-refractivity contribution in [3.05, 3.63) is 0 Å². The van der Waals surface area contributed by atoms with Crippen LogP contribution in [-0.2, 0) is 9.59 Å². The van der Waals surface area contributed by atoms with Gasteiger partial charge in [-0.05, 0) is 25.7 Å². The Balaban J connectivity index is 1.68. The van der Waals surface area contributed by atoms with Crippen LogP contribution in [0.1, 0.15) is 32.1 Å². The average Bonchev–Trinajstić information content (AvgIpc) is 3.01. The zero-order valence-corrected chi connectivity index (χ0v) is 10.7. The van der Waals surface area contributed by atoms with Gasteiger partial charge in [-0.2, -0.15) is 0 Å². The molecule has 3 N–H and O–H groups in total. The molecule has 3 amide bonds. The first-order chi connectivity index (χ1) is 9.08. The van der Waals surface area contributed by atoms with E-state index < -0.39 is 18.0 Å². The standard InChI is InChI=1S/C12H19N3O4/c16-10(14-8-3-4-8)5-6-13-12(19)15-7-1-2-9(15)11(17)18/h8-9H,1-7H2,(H,13,19)(H,14,16)(H,17,18). The summed E-state index contributed by atoms with van der Waals surface area (Å²) >= 11 is 0. The minimum Gasteiger partial charge on any atom is -0.480 e. The average molecular weight is 269 g/mol. The molecule has 106 valence electrons. The molecular weight excluding hydrogens is 250 g/mol. The number of amides is 3. The molecule has 0 aromatic heterocycles. The van der Waals surface area contributed by atoms with Gasteiger partial charge in [-0.3, -0.25) is 4.79 Å². The van der Waals surface area contributed by atoms with Gasteiger partial charge in [-0.25, -0.2) is 9.59 Å². The second-order valence-electron chi connectivity index (χ2n) is 5.01. The summed E-state index contributed by atoms with van der Waals surface area (Å²) in [4.78, 5) is 35.5. The molecule has 0 spiro atoms. The summed E-state index contributed by atoms with van der Waals surface area (Å²) in [5.41, 5.74) is 0. The maximum atomic E-state index is 11.8. The predicted octanol–water partition coefficient (Wildman–Crippen LogP) is -0.0863. The van der Waals surface area contributed by atoms with Gasteiger partial charge in [-0.1, -0.05) is 0 Å². The van der Waals surface area contributed by atoms with Crippen LogP contribution >= 0.6 is 0 Å². The molecule has 1 atom stereocenters. The lowest BCUT2D eigenvalue weighted by atomic mass is 10.2. The first-order valence-corrected chi connectivity index (χ1v) is 6.64. The van der Waals surface area contributed by atoms with E-state index in [1.54, 1.807) is 0 Å². The maximum Gasteiger partial charge on any atom is 0.326 e. The van der Waals surface area contributed by atoms with Crippen molar-refractivity contribution in [2.24, 2.45) is 0 Å². The normalized spacial score (nSPS) is 22.1. The van der Waals surface area contributed by atoms with Crippen LogP contribution in [0, 0.1) is 0 Å². The number of aliphatic carboxylic acids is 1. The number of nitrogens with one attached hydrogen (secondary N) is 2. The van der Waals surface area contributed by atoms with Gasteiger partial charge in [0.25, 0.3) is 0 Å². The molecule has 2 rings (SSSR count). The van der Waals surface area contributed by atoms with Gasteiger partial charge in [0, 0.05) is 25.6 Å². The van der Waals surface area contributed by atoms with Crippen LogP contribution in [0.15, 0.2) is 0 Å². The van der Waals surface area contributed by atoms with Crippen LogP contribution in [0.3, 0.4) is 0 Å². The number of nitrogens with zero attached hydrogens (tertiary/aromatic N) is 1. The summed E-state index contributed by atoms with van der Waals surface area (Å²) in [6.45, 7) is 0.692. The zero-order valence-electron chi connectivity index (χ0n) is 10.7. The van der Waals surface area contributed by atoms with Gasteiger partial charge in [0.2, 0.25) is 5.91 Å². The smallest absolute Gasteiger partial charge is 0.326 e. The summed E-state index contributed by atoms with van der Waals surface area (Å²) in [5.74, 6) is -1.04. The summed E-state index contributed by atoms with van der Waals surface area (Å²) in [5, 5.41) is 14.4. The van der Waals surface area contributed by atoms with Gasteiger partial charge in [0.05, 0.1) is 0 Å². The minimum atomic E-state index is -0.973. The van der Waals surface area contributed by atoms with Crippen LogP contribution in [-0.4, -0.2) is 53.1 Å². The number of urea groups is 1. The molecule has 1 aliphatic carbocycles. The van der Waals surface area contributed by atoms with E-state index in [1.165, 1.54) is 4.90 Å². The molecule has 7 nitrogen and oxygen atoms in total. The number of carbonyl (C=O) groups is 3. The number of likely N-dealkylation sites (tertiary alicyclic amines) is 1. The third-order valence-electron chi connectivity index (χ3n) is 3.37. The number of rotatable bonds is 5. The van der Waals surface area contributed by atoms with E-state index in [1.807, 2.05) is 0 Å². The fourth-order valence-corrected chi connectivity index (χ4v) is 2.18. The number of carbonyl (C=O) groups excluding carboxylic acids is 2. The van der Waals surface area contributed by atoms with Crippen molar-refractivity contribution in [3.8, 4) is 0 Å². The molecule has 1 saturated carbocycles. The van der Waals surface area contributed by atoms with E-state index in [9.17, 15) is 14.4 Å². The number of hydrogen-bond acceptors (Lipinski definition) is 3. The molecule has 1 aliphatic heterocycles. The number of hydrogen-bond donors (Lipinski definition) is 3. The lowest BCUT2D eigenvalue weighted by molar-refractivity contribution is -0.141. The molecule has 7 heteroatoms. The molecule has 0 radical (unpaired) electrons. The summed E-state index contributed by atoms with van der Waals surface area (Å²) < 4.78 is 0. The van der Waals surface area contributed by atoms with Crippen LogP contribution < -0.4 is 10.6 Å². The maximum absolute atomic E-state index is 11.8. The molecule has 0 aromatic rings. The van der Waals surface area contributed by atoms with Crippen molar-refractivity contribution in [2.75, 3.05) is 13.1 Å². The minimum absolute atomic E-state index is 0.0704. The lowest BCUT2D eigenvalue weighted by Gasteiger charge is -2.21. The van der Waals surface area contributed by atoms with Gasteiger partial charge in [0.15, 0.2) is 0 Å². The lowest BCUT2D eigenvalue weighted by Crippen LogP contribution is -2.46. The van der Waals surface area contributed by atoms with Crippen molar-refractivity contribution in [1.82, 2.24) is 15.5 Å². The van der Waals surface area contributed by atoms with E-state index in [-0.39, 0.29) is 18.9 Å². The highest BCUT2D eigenvalue weighted by atomic mass is 16.4. The Kier molecular flexibility index (Phi) is 4.24. The van der Waals surface area contributed by atoms with Crippen LogP contribution in [0.2, 0.25) is 0 Å². The Hall–Kier alpha value is -1.79. The van der Waals surface area contributed by atoms with Crippen LogP contribution in [0.4, 0.5) is 4.79 Å². The molecule has 2 aliphatic rings. The fraction of sp³-hybridized carbons (Fsp3) is 0.750. The second kappa shape index (κ2) is 5.90. The number of carboxylic acid groups (broad SMARTS) is 1. The van der Waals surface area contributed by atoms with E-state index in [0.29, 0.717) is 25.4 Å². The van der Waals surface area contributed by atoms with Crippen molar-refractivity contribution in [3.63, 3.8) is 0 Å². The monoisotopic (exact) mass is 269 g/mol. The first-order valence-electron chi connectivity index (χ1n) is 6.64. The SMILES string of the molecule is O=C(CCNC(=O)N1CCCC1C(=O)O)NC1CC1. The Labute approximate surface area is 111 Å². The third kappa shape index (κ3) is 3.84. The predicted molar refractivity (Wildman–Crippen MR) is 66.5 cm³/mol. The largest absolute Gasteiger partial charge is 0.480 e. The Morgan fingerprint density at radius 3 is 2.58 bits per heavy atom. The van der Waals surface area contributed by atoms with Crippen LogP contribution in [0.25, 0.3) is 0 Å². The van der Waals surface area contributed by atoms with Crippen molar-refractivity contribution in [1.29, 1.82) is 0 Å². The van der Waals surface area contributed by atoms with E-state index in [4.69, 9.17) is 5.11 Å². The number of carboxylic acids is 1. The van der Waals surface area contributed by atoms with E-state index in [0.717, 1.165) is 12.8 Å². The molecular formula is C12H19N3O4. The Morgan fingerprint density at radius 1 is 1.21 bits per heavy atom.